The number of carbonyl (C=O) groups is 2. The minimum Gasteiger partial charge on any atom is -0.444 e. The highest BCUT2D eigenvalue weighted by Gasteiger charge is 2.51. The van der Waals surface area contributed by atoms with Crippen LogP contribution in [0.25, 0.3) is 0 Å². The SMILES string of the molecule is CC(C)(C)OC(=O)N[C@@H]1C[C@H](OC(CO)COS(C)(C)C(C)(C)C)CC12CCN(C(=O)OC(C)(C)C)CC2. The number of hydrogen-bond donors (Lipinski definition) is 2. The summed E-state index contributed by atoms with van der Waals surface area (Å²) >= 11 is 0. The highest BCUT2D eigenvalue weighted by molar-refractivity contribution is 8.29. The van der Waals surface area contributed by atoms with Crippen molar-refractivity contribution >= 4 is 22.5 Å². The van der Waals surface area contributed by atoms with Crippen molar-refractivity contribution in [1.82, 2.24) is 10.2 Å². The molecule has 2 fully saturated rings. The van der Waals surface area contributed by atoms with Gasteiger partial charge in [-0.25, -0.2) is 9.59 Å². The number of alkyl carbamates (subject to hydrolysis) is 1. The molecule has 0 aromatic rings. The van der Waals surface area contributed by atoms with Crippen molar-refractivity contribution in [3.05, 3.63) is 0 Å². The fraction of sp³-hybridized carbons (Fsp3) is 0.929. The first-order chi connectivity index (χ1) is 17.2. The number of carbonyl (C=O) groups excluding carboxylic acids is 2. The van der Waals surface area contributed by atoms with E-state index in [1.807, 2.05) is 41.5 Å². The van der Waals surface area contributed by atoms with E-state index in [0.29, 0.717) is 39.0 Å². The molecule has 0 radical (unpaired) electrons. The molecule has 9 nitrogen and oxygen atoms in total. The van der Waals surface area contributed by atoms with E-state index >= 15 is 0 Å². The molecule has 0 aromatic carbocycles. The molecule has 0 bridgehead atoms. The van der Waals surface area contributed by atoms with E-state index in [4.69, 9.17) is 18.4 Å². The van der Waals surface area contributed by atoms with Gasteiger partial charge >= 0.3 is 12.2 Å². The lowest BCUT2D eigenvalue weighted by Gasteiger charge is -2.44. The maximum atomic E-state index is 12.7. The van der Waals surface area contributed by atoms with E-state index in [-0.39, 0.29) is 35.0 Å². The van der Waals surface area contributed by atoms with Crippen molar-refractivity contribution in [3.63, 3.8) is 0 Å². The first-order valence-electron chi connectivity index (χ1n) is 13.8. The predicted molar refractivity (Wildman–Crippen MR) is 153 cm³/mol. The van der Waals surface area contributed by atoms with Gasteiger partial charge in [-0.2, -0.15) is 0 Å². The average Bonchev–Trinajstić information content (AvgIpc) is 3.03. The van der Waals surface area contributed by atoms with E-state index in [2.05, 4.69) is 38.6 Å². The molecule has 38 heavy (non-hydrogen) atoms. The second-order valence-corrected chi connectivity index (χ2v) is 18.1. The number of likely N-dealkylation sites (tertiary alicyclic amines) is 1. The monoisotopic (exact) mass is 562 g/mol. The van der Waals surface area contributed by atoms with Crippen LogP contribution in [0.5, 0.6) is 0 Å². The summed E-state index contributed by atoms with van der Waals surface area (Å²) in [5.74, 6) is 0. The number of aliphatic hydroxyl groups is 1. The summed E-state index contributed by atoms with van der Waals surface area (Å²) < 4.78 is 23.8. The number of piperidine rings is 1. The Morgan fingerprint density at radius 2 is 1.55 bits per heavy atom. The Morgan fingerprint density at radius 1 is 1.00 bits per heavy atom. The van der Waals surface area contributed by atoms with Crippen LogP contribution in [0.4, 0.5) is 9.59 Å². The van der Waals surface area contributed by atoms with Gasteiger partial charge in [-0.05, 0) is 85.2 Å². The van der Waals surface area contributed by atoms with Crippen LogP contribution >= 0.6 is 10.3 Å². The Hall–Kier alpha value is -1.23. The Bertz CT molecular complexity index is 805. The number of hydrogen-bond acceptors (Lipinski definition) is 7. The fourth-order valence-corrected chi connectivity index (χ4v) is 5.65. The molecule has 1 spiro atoms. The zero-order valence-electron chi connectivity index (χ0n) is 25.6. The van der Waals surface area contributed by atoms with Gasteiger partial charge in [0, 0.05) is 23.9 Å². The van der Waals surface area contributed by atoms with Crippen LogP contribution in [-0.4, -0.2) is 95.2 Å². The summed E-state index contributed by atoms with van der Waals surface area (Å²) in [4.78, 5) is 27.1. The van der Waals surface area contributed by atoms with Crippen LogP contribution in [0.1, 0.15) is 88.0 Å². The first kappa shape index (κ1) is 33.0. The van der Waals surface area contributed by atoms with E-state index in [0.717, 1.165) is 6.42 Å². The van der Waals surface area contributed by atoms with E-state index in [9.17, 15) is 14.7 Å². The third kappa shape index (κ3) is 9.45. The molecule has 1 unspecified atom stereocenters. The van der Waals surface area contributed by atoms with Crippen LogP contribution < -0.4 is 5.32 Å². The third-order valence-electron chi connectivity index (χ3n) is 7.59. The summed E-state index contributed by atoms with van der Waals surface area (Å²) in [7, 11) is -1.35. The molecule has 2 aliphatic rings. The normalized spacial score (nSPS) is 23.7. The van der Waals surface area contributed by atoms with Crippen molar-refractivity contribution < 1.29 is 33.1 Å². The smallest absolute Gasteiger partial charge is 0.410 e. The quantitative estimate of drug-likeness (QED) is 0.437. The average molecular weight is 563 g/mol. The molecule has 1 aliphatic heterocycles. The van der Waals surface area contributed by atoms with Gasteiger partial charge in [0.25, 0.3) is 0 Å². The van der Waals surface area contributed by atoms with Gasteiger partial charge in [-0.3, -0.25) is 0 Å². The van der Waals surface area contributed by atoms with Crippen molar-refractivity contribution in [2.75, 3.05) is 38.8 Å². The molecular weight excluding hydrogens is 508 g/mol. The summed E-state index contributed by atoms with van der Waals surface area (Å²) in [5, 5.41) is 13.2. The van der Waals surface area contributed by atoms with Gasteiger partial charge in [0.1, 0.15) is 17.3 Å². The molecule has 224 valence electrons. The molecule has 1 aliphatic carbocycles. The van der Waals surface area contributed by atoms with E-state index in [1.165, 1.54) is 0 Å². The maximum Gasteiger partial charge on any atom is 0.410 e. The standard InChI is InChI=1S/C28H54N2O7S/c1-25(2,3)36-23(32)29-22-16-20(35-21(18-31)19-34-38(10,11)27(7,8)9)17-28(22)12-14-30(15-13-28)24(33)37-26(4,5)6/h20-22,31H,12-19H2,1-11H3,(H,29,32)/t20-,21?,22+/m0/s1. The van der Waals surface area contributed by atoms with Crippen LogP contribution in [0.2, 0.25) is 0 Å². The maximum absolute atomic E-state index is 12.7. The molecule has 2 N–H and O–H groups in total. The molecule has 10 heteroatoms. The minimum atomic E-state index is -1.35. The summed E-state index contributed by atoms with van der Waals surface area (Å²) in [5.41, 5.74) is -1.39. The van der Waals surface area contributed by atoms with E-state index < -0.39 is 33.7 Å². The van der Waals surface area contributed by atoms with Crippen molar-refractivity contribution in [3.8, 4) is 0 Å². The summed E-state index contributed by atoms with van der Waals surface area (Å²) in [6, 6.07) is -0.167. The number of nitrogens with zero attached hydrogens (tertiary/aromatic N) is 1. The largest absolute Gasteiger partial charge is 0.444 e. The zero-order valence-corrected chi connectivity index (χ0v) is 26.5. The Labute approximate surface area is 232 Å². The predicted octanol–water partition coefficient (Wildman–Crippen LogP) is 5.23. The number of ether oxygens (including phenoxy) is 3. The second-order valence-electron chi connectivity index (χ2n) is 14.2. The van der Waals surface area contributed by atoms with Gasteiger partial charge in [-0.1, -0.05) is 20.8 Å². The Kier molecular flexibility index (Phi) is 10.5. The van der Waals surface area contributed by atoms with Crippen molar-refractivity contribution in [1.29, 1.82) is 0 Å². The number of amides is 2. The molecule has 3 atom stereocenters. The molecular formula is C28H54N2O7S. The Balaban J connectivity index is 2.12. The highest BCUT2D eigenvalue weighted by atomic mass is 32.3. The molecule has 2 amide bonds. The van der Waals surface area contributed by atoms with E-state index in [1.54, 1.807) is 4.90 Å². The second kappa shape index (κ2) is 12.1. The molecule has 1 saturated heterocycles. The lowest BCUT2D eigenvalue weighted by molar-refractivity contribution is -0.0598. The lowest BCUT2D eigenvalue weighted by atomic mass is 9.74. The van der Waals surface area contributed by atoms with Gasteiger partial charge in [0.05, 0.1) is 19.3 Å². The van der Waals surface area contributed by atoms with Crippen LogP contribution in [-0.2, 0) is 18.4 Å². The van der Waals surface area contributed by atoms with Crippen molar-refractivity contribution in [2.45, 2.75) is 122 Å². The fourth-order valence-electron chi connectivity index (χ4n) is 4.80. The minimum absolute atomic E-state index is 0.00889. The van der Waals surface area contributed by atoms with Gasteiger partial charge in [0.2, 0.25) is 0 Å². The van der Waals surface area contributed by atoms with Crippen molar-refractivity contribution in [2.24, 2.45) is 5.41 Å². The lowest BCUT2D eigenvalue weighted by Crippen LogP contribution is -2.52. The summed E-state index contributed by atoms with van der Waals surface area (Å²) in [6.45, 7) is 18.9. The van der Waals surface area contributed by atoms with Crippen LogP contribution in [0.15, 0.2) is 0 Å². The molecule has 2 rings (SSSR count). The van der Waals surface area contributed by atoms with Gasteiger partial charge < -0.3 is 33.7 Å². The third-order valence-corrected chi connectivity index (χ3v) is 11.3. The molecule has 0 aromatic heterocycles. The number of aliphatic hydroxyl groups excluding tert-OH is 1. The van der Waals surface area contributed by atoms with Gasteiger partial charge in [0.15, 0.2) is 0 Å². The van der Waals surface area contributed by atoms with Crippen LogP contribution in [0, 0.1) is 5.41 Å². The first-order valence-corrected chi connectivity index (χ1v) is 16.1. The highest BCUT2D eigenvalue weighted by Crippen LogP contribution is 2.54. The zero-order chi connectivity index (χ0) is 29.2. The number of nitrogens with one attached hydrogen (secondary N) is 1. The topological polar surface area (TPSA) is 107 Å². The molecule has 1 heterocycles. The summed E-state index contributed by atoms with van der Waals surface area (Å²) in [6.07, 6.45) is 5.66. The molecule has 1 saturated carbocycles. The van der Waals surface area contributed by atoms with Crippen LogP contribution in [0.3, 0.4) is 0 Å². The Morgan fingerprint density at radius 3 is 2.03 bits per heavy atom. The van der Waals surface area contributed by atoms with Gasteiger partial charge in [-0.15, -0.1) is 10.3 Å². The number of rotatable bonds is 7.